The van der Waals surface area contributed by atoms with Gasteiger partial charge in [-0.25, -0.2) is 0 Å². The molecule has 1 unspecified atom stereocenters. The molecule has 0 radical (unpaired) electrons. The number of anilines is 1. The second-order valence-electron chi connectivity index (χ2n) is 6.08. The zero-order chi connectivity index (χ0) is 18.5. The molecule has 0 bridgehead atoms. The van der Waals surface area contributed by atoms with E-state index >= 15 is 0 Å². The van der Waals surface area contributed by atoms with Crippen LogP contribution in [0.1, 0.15) is 18.1 Å². The fourth-order valence-corrected chi connectivity index (χ4v) is 3.05. The number of carbonyl (C=O) groups excluding carboxylic acids is 1. The van der Waals surface area contributed by atoms with Crippen molar-refractivity contribution in [1.29, 1.82) is 0 Å². The number of aromatic nitrogens is 2. The van der Waals surface area contributed by atoms with E-state index in [1.54, 1.807) is 13.1 Å². The second kappa shape index (κ2) is 8.19. The Morgan fingerprint density at radius 2 is 2.04 bits per heavy atom. The van der Waals surface area contributed by atoms with Gasteiger partial charge in [0.2, 0.25) is 0 Å². The molecule has 0 saturated heterocycles. The van der Waals surface area contributed by atoms with Crippen molar-refractivity contribution in [2.24, 2.45) is 0 Å². The van der Waals surface area contributed by atoms with Crippen molar-refractivity contribution in [3.63, 3.8) is 0 Å². The number of benzene rings is 2. The van der Waals surface area contributed by atoms with Crippen molar-refractivity contribution in [3.05, 3.63) is 76.5 Å². The van der Waals surface area contributed by atoms with E-state index in [0.717, 1.165) is 21.3 Å². The highest BCUT2D eigenvalue weighted by molar-refractivity contribution is 9.10. The lowest BCUT2D eigenvalue weighted by Crippen LogP contribution is -2.30. The van der Waals surface area contributed by atoms with Crippen molar-refractivity contribution >= 4 is 27.5 Å². The van der Waals surface area contributed by atoms with Gasteiger partial charge in [-0.05, 0) is 71.2 Å². The minimum absolute atomic E-state index is 0.197. The lowest BCUT2D eigenvalue weighted by molar-refractivity contribution is -0.122. The van der Waals surface area contributed by atoms with Crippen LogP contribution in [0.2, 0.25) is 0 Å². The standard InChI is InChI=1S/C20H20BrN3O2/c1-14-4-9-19(18(21)12-14)26-15(2)20(25)23-17-7-5-16(6-8-17)13-24-11-3-10-22-24/h3-12,15H,13H2,1-2H3,(H,23,25). The van der Waals surface area contributed by atoms with Crippen molar-refractivity contribution in [2.75, 3.05) is 5.32 Å². The van der Waals surface area contributed by atoms with Crippen LogP contribution < -0.4 is 10.1 Å². The Morgan fingerprint density at radius 1 is 1.27 bits per heavy atom. The first kappa shape index (κ1) is 18.2. The van der Waals surface area contributed by atoms with E-state index < -0.39 is 6.10 Å². The first-order chi connectivity index (χ1) is 12.5. The minimum Gasteiger partial charge on any atom is -0.480 e. The summed E-state index contributed by atoms with van der Waals surface area (Å²) in [6.07, 6.45) is 3.05. The summed E-state index contributed by atoms with van der Waals surface area (Å²) in [5.74, 6) is 0.449. The lowest BCUT2D eigenvalue weighted by atomic mass is 10.2. The van der Waals surface area contributed by atoms with Crippen LogP contribution >= 0.6 is 15.9 Å². The quantitative estimate of drug-likeness (QED) is 0.650. The van der Waals surface area contributed by atoms with Crippen molar-refractivity contribution in [3.8, 4) is 5.75 Å². The van der Waals surface area contributed by atoms with E-state index in [-0.39, 0.29) is 5.91 Å². The molecule has 5 nitrogen and oxygen atoms in total. The number of ether oxygens (including phenoxy) is 1. The summed E-state index contributed by atoms with van der Waals surface area (Å²) in [7, 11) is 0. The average molecular weight is 414 g/mol. The molecule has 0 aliphatic carbocycles. The topological polar surface area (TPSA) is 56.1 Å². The molecule has 1 aromatic heterocycles. The molecular formula is C20H20BrN3O2. The Bertz CT molecular complexity index is 877. The number of rotatable bonds is 6. The van der Waals surface area contributed by atoms with Gasteiger partial charge >= 0.3 is 0 Å². The van der Waals surface area contributed by atoms with Gasteiger partial charge in [-0.2, -0.15) is 5.10 Å². The predicted octanol–water partition coefficient (Wildman–Crippen LogP) is 4.41. The van der Waals surface area contributed by atoms with Crippen LogP contribution in [0.25, 0.3) is 0 Å². The van der Waals surface area contributed by atoms with E-state index in [0.29, 0.717) is 12.3 Å². The molecular weight excluding hydrogens is 394 g/mol. The van der Waals surface area contributed by atoms with Gasteiger partial charge < -0.3 is 10.1 Å². The van der Waals surface area contributed by atoms with E-state index in [4.69, 9.17) is 4.74 Å². The molecule has 0 saturated carbocycles. The molecule has 6 heteroatoms. The highest BCUT2D eigenvalue weighted by Gasteiger charge is 2.16. The number of aryl methyl sites for hydroxylation is 1. The summed E-state index contributed by atoms with van der Waals surface area (Å²) in [6, 6.07) is 15.4. The fourth-order valence-electron chi connectivity index (χ4n) is 2.46. The van der Waals surface area contributed by atoms with E-state index in [9.17, 15) is 4.79 Å². The number of carbonyl (C=O) groups is 1. The summed E-state index contributed by atoms with van der Waals surface area (Å²) < 4.78 is 8.44. The highest BCUT2D eigenvalue weighted by Crippen LogP contribution is 2.26. The Morgan fingerprint density at radius 3 is 2.69 bits per heavy atom. The normalized spacial score (nSPS) is 11.8. The predicted molar refractivity (Wildman–Crippen MR) is 105 cm³/mol. The highest BCUT2D eigenvalue weighted by atomic mass is 79.9. The van der Waals surface area contributed by atoms with Gasteiger partial charge in [0.1, 0.15) is 5.75 Å². The van der Waals surface area contributed by atoms with Crippen LogP contribution in [0.4, 0.5) is 5.69 Å². The summed E-state index contributed by atoms with van der Waals surface area (Å²) in [5, 5.41) is 7.06. The first-order valence-corrected chi connectivity index (χ1v) is 9.10. The Labute approximate surface area is 161 Å². The van der Waals surface area contributed by atoms with Gasteiger partial charge in [-0.1, -0.05) is 18.2 Å². The molecule has 3 rings (SSSR count). The molecule has 3 aromatic rings. The molecule has 134 valence electrons. The molecule has 1 atom stereocenters. The Balaban J connectivity index is 1.58. The van der Waals surface area contributed by atoms with Crippen molar-refractivity contribution < 1.29 is 9.53 Å². The molecule has 1 N–H and O–H groups in total. The third kappa shape index (κ3) is 4.73. The second-order valence-corrected chi connectivity index (χ2v) is 6.94. The summed E-state index contributed by atoms with van der Waals surface area (Å²) >= 11 is 3.46. The maximum absolute atomic E-state index is 12.4. The number of hydrogen-bond donors (Lipinski definition) is 1. The van der Waals surface area contributed by atoms with Crippen molar-refractivity contribution in [2.45, 2.75) is 26.5 Å². The molecule has 0 aliphatic rings. The first-order valence-electron chi connectivity index (χ1n) is 8.31. The Hall–Kier alpha value is -2.60. The molecule has 1 amide bonds. The van der Waals surface area contributed by atoms with Crippen molar-refractivity contribution in [1.82, 2.24) is 9.78 Å². The molecule has 26 heavy (non-hydrogen) atoms. The maximum Gasteiger partial charge on any atom is 0.265 e. The van der Waals surface area contributed by atoms with Crippen LogP contribution in [0, 0.1) is 6.92 Å². The zero-order valence-electron chi connectivity index (χ0n) is 14.6. The molecule has 0 fully saturated rings. The van der Waals surface area contributed by atoms with Gasteiger partial charge in [0.25, 0.3) is 5.91 Å². The number of nitrogens with zero attached hydrogens (tertiary/aromatic N) is 2. The largest absolute Gasteiger partial charge is 0.480 e. The summed E-state index contributed by atoms with van der Waals surface area (Å²) in [5.41, 5.74) is 2.97. The molecule has 2 aromatic carbocycles. The van der Waals surface area contributed by atoms with Crippen LogP contribution in [0.3, 0.4) is 0 Å². The van der Waals surface area contributed by atoms with Gasteiger partial charge in [-0.3, -0.25) is 9.48 Å². The van der Waals surface area contributed by atoms with Crippen LogP contribution in [-0.2, 0) is 11.3 Å². The average Bonchev–Trinajstić information content (AvgIpc) is 3.12. The smallest absolute Gasteiger partial charge is 0.265 e. The summed E-state index contributed by atoms with van der Waals surface area (Å²) in [4.78, 5) is 12.4. The van der Waals surface area contributed by atoms with Gasteiger partial charge in [0.05, 0.1) is 11.0 Å². The maximum atomic E-state index is 12.4. The van der Waals surface area contributed by atoms with Gasteiger partial charge in [0.15, 0.2) is 6.10 Å². The lowest BCUT2D eigenvalue weighted by Gasteiger charge is -2.16. The minimum atomic E-state index is -0.613. The van der Waals surface area contributed by atoms with Gasteiger partial charge in [0, 0.05) is 18.1 Å². The van der Waals surface area contributed by atoms with E-state index in [2.05, 4.69) is 26.3 Å². The third-order valence-corrected chi connectivity index (χ3v) is 4.51. The summed E-state index contributed by atoms with van der Waals surface area (Å²) in [6.45, 7) is 4.43. The molecule has 1 heterocycles. The molecule has 0 aliphatic heterocycles. The van der Waals surface area contributed by atoms with E-state index in [1.165, 1.54) is 0 Å². The third-order valence-electron chi connectivity index (χ3n) is 3.89. The molecule has 0 spiro atoms. The van der Waals surface area contributed by atoms with Crippen LogP contribution in [0.15, 0.2) is 65.4 Å². The van der Waals surface area contributed by atoms with Crippen LogP contribution in [-0.4, -0.2) is 21.8 Å². The Kier molecular flexibility index (Phi) is 5.73. The van der Waals surface area contributed by atoms with E-state index in [1.807, 2.05) is 66.3 Å². The fraction of sp³-hybridized carbons (Fsp3) is 0.200. The van der Waals surface area contributed by atoms with Crippen LogP contribution in [0.5, 0.6) is 5.75 Å². The zero-order valence-corrected chi connectivity index (χ0v) is 16.2. The number of nitrogens with one attached hydrogen (secondary N) is 1. The monoisotopic (exact) mass is 413 g/mol. The number of amides is 1. The SMILES string of the molecule is Cc1ccc(OC(C)C(=O)Nc2ccc(Cn3cccn3)cc2)c(Br)c1. The van der Waals surface area contributed by atoms with Gasteiger partial charge in [-0.15, -0.1) is 0 Å². The number of hydrogen-bond acceptors (Lipinski definition) is 3. The number of halogens is 1.